The first-order chi connectivity index (χ1) is 6.50. The summed E-state index contributed by atoms with van der Waals surface area (Å²) in [5, 5.41) is 8.60. The van der Waals surface area contributed by atoms with Gasteiger partial charge in [0.2, 0.25) is 0 Å². The Kier molecular flexibility index (Phi) is 3.17. The molecule has 1 rings (SSSR count). The Hall–Kier alpha value is -1.45. The molecule has 0 bridgehead atoms. The maximum atomic E-state index is 12.7. The van der Waals surface area contributed by atoms with E-state index >= 15 is 0 Å². The van der Waals surface area contributed by atoms with E-state index in [1.165, 1.54) is 13.0 Å². The summed E-state index contributed by atoms with van der Waals surface area (Å²) in [7, 11) is 0. The molecule has 0 radical (unpaired) electrons. The summed E-state index contributed by atoms with van der Waals surface area (Å²) in [4.78, 5) is 10.5. The SMILES string of the molecule is C[C@@H](Cc1ccc(F)c(F)c1)C(=O)O. The molecule has 0 heterocycles. The molecule has 0 aliphatic carbocycles. The van der Waals surface area contributed by atoms with Crippen molar-refractivity contribution in [3.63, 3.8) is 0 Å². The highest BCUT2D eigenvalue weighted by Crippen LogP contribution is 2.12. The number of rotatable bonds is 3. The van der Waals surface area contributed by atoms with Crippen LogP contribution in [0.25, 0.3) is 0 Å². The van der Waals surface area contributed by atoms with Gasteiger partial charge in [0.05, 0.1) is 5.92 Å². The van der Waals surface area contributed by atoms with E-state index in [9.17, 15) is 13.6 Å². The van der Waals surface area contributed by atoms with Crippen molar-refractivity contribution in [2.45, 2.75) is 13.3 Å². The van der Waals surface area contributed by atoms with Crippen molar-refractivity contribution in [2.24, 2.45) is 5.92 Å². The fraction of sp³-hybridized carbons (Fsp3) is 0.300. The summed E-state index contributed by atoms with van der Waals surface area (Å²) < 4.78 is 25.2. The van der Waals surface area contributed by atoms with Crippen molar-refractivity contribution in [3.05, 3.63) is 35.4 Å². The molecule has 0 aromatic heterocycles. The second kappa shape index (κ2) is 4.17. The molecule has 0 saturated carbocycles. The molecule has 0 fully saturated rings. The van der Waals surface area contributed by atoms with Crippen LogP contribution in [0.5, 0.6) is 0 Å². The molecule has 4 heteroatoms. The van der Waals surface area contributed by atoms with Crippen molar-refractivity contribution in [1.29, 1.82) is 0 Å². The third-order valence-corrected chi connectivity index (χ3v) is 1.95. The quantitative estimate of drug-likeness (QED) is 0.812. The number of benzene rings is 1. The van der Waals surface area contributed by atoms with Crippen LogP contribution in [0, 0.1) is 17.6 Å². The second-order valence-corrected chi connectivity index (χ2v) is 3.19. The third-order valence-electron chi connectivity index (χ3n) is 1.95. The second-order valence-electron chi connectivity index (χ2n) is 3.19. The summed E-state index contributed by atoms with van der Waals surface area (Å²) >= 11 is 0. The summed E-state index contributed by atoms with van der Waals surface area (Å²) in [5.41, 5.74) is 0.485. The monoisotopic (exact) mass is 200 g/mol. The fourth-order valence-corrected chi connectivity index (χ4v) is 1.11. The molecule has 1 N–H and O–H groups in total. The summed E-state index contributed by atoms with van der Waals surface area (Å²) in [6.45, 7) is 1.52. The fourth-order valence-electron chi connectivity index (χ4n) is 1.11. The lowest BCUT2D eigenvalue weighted by molar-refractivity contribution is -0.141. The van der Waals surface area contributed by atoms with Gasteiger partial charge in [-0.15, -0.1) is 0 Å². The van der Waals surface area contributed by atoms with Crippen LogP contribution in [0.4, 0.5) is 8.78 Å². The third kappa shape index (κ3) is 2.52. The van der Waals surface area contributed by atoms with E-state index in [-0.39, 0.29) is 6.42 Å². The van der Waals surface area contributed by atoms with E-state index in [2.05, 4.69) is 0 Å². The number of carboxylic acid groups (broad SMARTS) is 1. The normalized spacial score (nSPS) is 12.5. The van der Waals surface area contributed by atoms with Crippen molar-refractivity contribution < 1.29 is 18.7 Å². The average Bonchev–Trinajstić information content (AvgIpc) is 2.11. The highest BCUT2D eigenvalue weighted by Gasteiger charge is 2.12. The molecule has 2 nitrogen and oxygen atoms in total. The predicted octanol–water partition coefficient (Wildman–Crippen LogP) is 2.23. The number of carbonyl (C=O) groups is 1. The largest absolute Gasteiger partial charge is 0.481 e. The molecule has 0 aliphatic rings. The first kappa shape index (κ1) is 10.6. The number of carboxylic acids is 1. The standard InChI is InChI=1S/C10H10F2O2/c1-6(10(13)14)4-7-2-3-8(11)9(12)5-7/h2-3,5-6H,4H2,1H3,(H,13,14)/t6-/m0/s1. The van der Waals surface area contributed by atoms with Gasteiger partial charge in [0, 0.05) is 0 Å². The van der Waals surface area contributed by atoms with Gasteiger partial charge in [-0.3, -0.25) is 4.79 Å². The number of hydrogen-bond acceptors (Lipinski definition) is 1. The minimum atomic E-state index is -0.949. The lowest BCUT2D eigenvalue weighted by atomic mass is 10.0. The summed E-state index contributed by atoms with van der Waals surface area (Å²) in [5.74, 6) is -3.41. The smallest absolute Gasteiger partial charge is 0.306 e. The molecule has 0 spiro atoms. The topological polar surface area (TPSA) is 37.3 Å². The van der Waals surface area contributed by atoms with Gasteiger partial charge in [0.25, 0.3) is 0 Å². The van der Waals surface area contributed by atoms with Crippen LogP contribution in [-0.2, 0) is 11.2 Å². The van der Waals surface area contributed by atoms with E-state index in [1.54, 1.807) is 0 Å². The van der Waals surface area contributed by atoms with E-state index in [0.29, 0.717) is 5.56 Å². The summed E-state index contributed by atoms with van der Waals surface area (Å²) in [6.07, 6.45) is 0.201. The highest BCUT2D eigenvalue weighted by molar-refractivity contribution is 5.69. The molecule has 0 unspecified atom stereocenters. The van der Waals surface area contributed by atoms with E-state index in [0.717, 1.165) is 12.1 Å². The Morgan fingerprint density at radius 1 is 1.43 bits per heavy atom. The molecule has 0 aliphatic heterocycles. The molecule has 76 valence electrons. The molecule has 1 aromatic carbocycles. The van der Waals surface area contributed by atoms with Gasteiger partial charge in [0.15, 0.2) is 11.6 Å². The van der Waals surface area contributed by atoms with Crippen molar-refractivity contribution >= 4 is 5.97 Å². The molecule has 0 saturated heterocycles. The average molecular weight is 200 g/mol. The molecule has 14 heavy (non-hydrogen) atoms. The van der Waals surface area contributed by atoms with Gasteiger partial charge in [-0.25, -0.2) is 8.78 Å². The van der Waals surface area contributed by atoms with E-state index in [1.807, 2.05) is 0 Å². The maximum Gasteiger partial charge on any atom is 0.306 e. The Bertz CT molecular complexity index is 350. The lowest BCUT2D eigenvalue weighted by Gasteiger charge is -2.05. The van der Waals surface area contributed by atoms with Crippen molar-refractivity contribution in [1.82, 2.24) is 0 Å². The Labute approximate surface area is 80.2 Å². The van der Waals surface area contributed by atoms with Crippen molar-refractivity contribution in [3.8, 4) is 0 Å². The Morgan fingerprint density at radius 3 is 2.57 bits per heavy atom. The van der Waals surface area contributed by atoms with Gasteiger partial charge in [0.1, 0.15) is 0 Å². The first-order valence-electron chi connectivity index (χ1n) is 4.17. The zero-order chi connectivity index (χ0) is 10.7. The van der Waals surface area contributed by atoms with E-state index in [4.69, 9.17) is 5.11 Å². The van der Waals surface area contributed by atoms with Crippen LogP contribution < -0.4 is 0 Å². The molecular formula is C10H10F2O2. The van der Waals surface area contributed by atoms with E-state index < -0.39 is 23.5 Å². The summed E-state index contributed by atoms with van der Waals surface area (Å²) in [6, 6.07) is 3.41. The molecular weight excluding hydrogens is 190 g/mol. The minimum Gasteiger partial charge on any atom is -0.481 e. The van der Waals surface area contributed by atoms with Gasteiger partial charge >= 0.3 is 5.97 Å². The van der Waals surface area contributed by atoms with Crippen LogP contribution in [0.3, 0.4) is 0 Å². The highest BCUT2D eigenvalue weighted by atomic mass is 19.2. The van der Waals surface area contributed by atoms with Crippen LogP contribution in [0.1, 0.15) is 12.5 Å². The van der Waals surface area contributed by atoms with Gasteiger partial charge in [-0.05, 0) is 24.1 Å². The lowest BCUT2D eigenvalue weighted by Crippen LogP contribution is -2.12. The van der Waals surface area contributed by atoms with Gasteiger partial charge < -0.3 is 5.11 Å². The van der Waals surface area contributed by atoms with Crippen molar-refractivity contribution in [2.75, 3.05) is 0 Å². The number of hydrogen-bond donors (Lipinski definition) is 1. The van der Waals surface area contributed by atoms with Gasteiger partial charge in [-0.1, -0.05) is 13.0 Å². The van der Waals surface area contributed by atoms with Crippen LogP contribution >= 0.6 is 0 Å². The molecule has 1 atom stereocenters. The van der Waals surface area contributed by atoms with Gasteiger partial charge in [-0.2, -0.15) is 0 Å². The number of aliphatic carboxylic acids is 1. The van der Waals surface area contributed by atoms with Crippen LogP contribution in [-0.4, -0.2) is 11.1 Å². The number of halogens is 2. The minimum absolute atomic E-state index is 0.201. The first-order valence-corrected chi connectivity index (χ1v) is 4.17. The molecule has 0 amide bonds. The Morgan fingerprint density at radius 2 is 2.07 bits per heavy atom. The van der Waals surface area contributed by atoms with Crippen LogP contribution in [0.15, 0.2) is 18.2 Å². The maximum absolute atomic E-state index is 12.7. The predicted molar refractivity (Wildman–Crippen MR) is 46.9 cm³/mol. The zero-order valence-corrected chi connectivity index (χ0v) is 7.63. The molecule has 1 aromatic rings. The van der Waals surface area contributed by atoms with Crippen LogP contribution in [0.2, 0.25) is 0 Å². The zero-order valence-electron chi connectivity index (χ0n) is 7.63. The Balaban J connectivity index is 2.78.